The Morgan fingerprint density at radius 1 is 1.13 bits per heavy atom. The molecule has 2 aromatic carbocycles. The van der Waals surface area contributed by atoms with E-state index >= 15 is 0 Å². The summed E-state index contributed by atoms with van der Waals surface area (Å²) in [5.74, 6) is -1.90. The highest BCUT2D eigenvalue weighted by Crippen LogP contribution is 2.23. The van der Waals surface area contributed by atoms with Gasteiger partial charge in [0.15, 0.2) is 5.16 Å². The van der Waals surface area contributed by atoms with Crippen molar-refractivity contribution in [3.8, 4) is 5.69 Å². The van der Waals surface area contributed by atoms with E-state index in [1.165, 1.54) is 17.4 Å². The van der Waals surface area contributed by atoms with Crippen molar-refractivity contribution in [2.75, 3.05) is 5.75 Å². The second kappa shape index (κ2) is 8.76. The maximum absolute atomic E-state index is 14.5. The number of rotatable bonds is 6. The molecule has 4 rings (SSSR count). The van der Waals surface area contributed by atoms with Crippen LogP contribution in [0.3, 0.4) is 0 Å². The first-order chi connectivity index (χ1) is 14.5. The molecule has 0 aliphatic carbocycles. The van der Waals surface area contributed by atoms with Crippen molar-refractivity contribution in [1.29, 1.82) is 0 Å². The van der Waals surface area contributed by atoms with Gasteiger partial charge in [0.2, 0.25) is 5.91 Å². The van der Waals surface area contributed by atoms with E-state index in [4.69, 9.17) is 0 Å². The van der Waals surface area contributed by atoms with Gasteiger partial charge in [0.1, 0.15) is 11.6 Å². The van der Waals surface area contributed by atoms with E-state index in [2.05, 4.69) is 10.3 Å². The minimum absolute atomic E-state index is 0.0149. The summed E-state index contributed by atoms with van der Waals surface area (Å²) in [6.45, 7) is 0.404. The number of amides is 1. The van der Waals surface area contributed by atoms with Gasteiger partial charge in [-0.1, -0.05) is 30.0 Å². The van der Waals surface area contributed by atoms with Crippen LogP contribution in [-0.2, 0) is 11.3 Å². The molecule has 0 atom stereocenters. The fourth-order valence-electron chi connectivity index (χ4n) is 2.86. The van der Waals surface area contributed by atoms with Crippen molar-refractivity contribution in [3.05, 3.63) is 86.8 Å². The van der Waals surface area contributed by atoms with Gasteiger partial charge in [-0.05, 0) is 35.7 Å². The Morgan fingerprint density at radius 3 is 2.73 bits per heavy atom. The van der Waals surface area contributed by atoms with Crippen LogP contribution in [0.5, 0.6) is 0 Å². The lowest BCUT2D eigenvalue weighted by atomic mass is 10.2. The number of aromatic nitrogens is 2. The Morgan fingerprint density at radius 2 is 1.97 bits per heavy atom. The molecular formula is C21H15F2N3O2S2. The maximum atomic E-state index is 14.5. The molecule has 9 heteroatoms. The Kier molecular flexibility index (Phi) is 5.91. The highest BCUT2D eigenvalue weighted by molar-refractivity contribution is 7.99. The quantitative estimate of drug-likeness (QED) is 0.360. The molecule has 30 heavy (non-hydrogen) atoms. The van der Waals surface area contributed by atoms with Gasteiger partial charge in [-0.2, -0.15) is 0 Å². The first-order valence-electron chi connectivity index (χ1n) is 8.92. The summed E-state index contributed by atoms with van der Waals surface area (Å²) in [5, 5.41) is 5.17. The number of carbonyl (C=O) groups excluding carboxylic acids is 1. The fraction of sp³-hybridized carbons (Fsp3) is 0.0952. The van der Waals surface area contributed by atoms with Crippen molar-refractivity contribution in [2.24, 2.45) is 0 Å². The van der Waals surface area contributed by atoms with Gasteiger partial charge < -0.3 is 5.32 Å². The number of halogens is 2. The monoisotopic (exact) mass is 443 g/mol. The van der Waals surface area contributed by atoms with Crippen LogP contribution in [0.15, 0.2) is 69.9 Å². The zero-order chi connectivity index (χ0) is 21.1. The van der Waals surface area contributed by atoms with E-state index in [0.29, 0.717) is 23.5 Å². The third-order valence-corrected chi connectivity index (χ3v) is 6.08. The van der Waals surface area contributed by atoms with Crippen LogP contribution in [0.25, 0.3) is 16.6 Å². The molecule has 0 saturated heterocycles. The van der Waals surface area contributed by atoms with Crippen molar-refractivity contribution in [1.82, 2.24) is 14.9 Å². The standard InChI is InChI=1S/C21H15F2N3O2S2/c22-13-7-8-18(16(23)10-13)26-20(28)15-5-1-2-6-17(15)25-21(26)30-12-19(27)24-11-14-4-3-9-29-14/h1-10H,11-12H2,(H,24,27). The molecular weight excluding hydrogens is 428 g/mol. The van der Waals surface area contributed by atoms with Crippen molar-refractivity contribution in [3.63, 3.8) is 0 Å². The van der Waals surface area contributed by atoms with Crippen LogP contribution in [-0.4, -0.2) is 21.2 Å². The molecule has 0 unspecified atom stereocenters. The second-order valence-electron chi connectivity index (χ2n) is 6.29. The summed E-state index contributed by atoms with van der Waals surface area (Å²) in [6.07, 6.45) is 0. The zero-order valence-electron chi connectivity index (χ0n) is 15.5. The number of fused-ring (bicyclic) bond motifs is 1. The molecule has 152 valence electrons. The van der Waals surface area contributed by atoms with Crippen LogP contribution in [0.4, 0.5) is 8.78 Å². The molecule has 5 nitrogen and oxygen atoms in total. The van der Waals surface area contributed by atoms with E-state index < -0.39 is 17.2 Å². The van der Waals surface area contributed by atoms with Gasteiger partial charge in [0, 0.05) is 10.9 Å². The van der Waals surface area contributed by atoms with Gasteiger partial charge in [-0.15, -0.1) is 11.3 Å². The molecule has 4 aromatic rings. The summed E-state index contributed by atoms with van der Waals surface area (Å²) in [5.41, 5.74) is -0.184. The Balaban J connectivity index is 1.67. The van der Waals surface area contributed by atoms with Gasteiger partial charge >= 0.3 is 0 Å². The number of nitrogens with zero attached hydrogens (tertiary/aromatic N) is 2. The molecule has 0 fully saturated rings. The van der Waals surface area contributed by atoms with E-state index in [0.717, 1.165) is 27.3 Å². The average Bonchev–Trinajstić information content (AvgIpc) is 3.25. The van der Waals surface area contributed by atoms with Crippen LogP contribution in [0.2, 0.25) is 0 Å². The minimum Gasteiger partial charge on any atom is -0.350 e. The number of hydrogen-bond acceptors (Lipinski definition) is 5. The number of thiophene rings is 1. The molecule has 1 amide bonds. The third kappa shape index (κ3) is 4.27. The number of nitrogens with one attached hydrogen (secondary N) is 1. The zero-order valence-corrected chi connectivity index (χ0v) is 17.1. The lowest BCUT2D eigenvalue weighted by Gasteiger charge is -2.14. The molecule has 0 radical (unpaired) electrons. The predicted octanol–water partition coefficient (Wildman–Crippen LogP) is 4.13. The van der Waals surface area contributed by atoms with Crippen LogP contribution < -0.4 is 10.9 Å². The summed E-state index contributed by atoms with van der Waals surface area (Å²) < 4.78 is 28.9. The molecule has 2 aromatic heterocycles. The first-order valence-corrected chi connectivity index (χ1v) is 10.8. The van der Waals surface area contributed by atoms with E-state index in [9.17, 15) is 18.4 Å². The van der Waals surface area contributed by atoms with Gasteiger partial charge in [-0.25, -0.2) is 13.8 Å². The largest absolute Gasteiger partial charge is 0.350 e. The van der Waals surface area contributed by atoms with Gasteiger partial charge in [0.05, 0.1) is 28.9 Å². The predicted molar refractivity (Wildman–Crippen MR) is 114 cm³/mol. The van der Waals surface area contributed by atoms with E-state index in [-0.39, 0.29) is 22.5 Å². The number of carbonyl (C=O) groups is 1. The second-order valence-corrected chi connectivity index (χ2v) is 8.27. The SMILES string of the molecule is O=C(CSc1nc2ccccc2c(=O)n1-c1ccc(F)cc1F)NCc1cccs1. The van der Waals surface area contributed by atoms with Crippen molar-refractivity contribution < 1.29 is 13.6 Å². The molecule has 0 spiro atoms. The molecule has 1 N–H and O–H groups in total. The highest BCUT2D eigenvalue weighted by Gasteiger charge is 2.17. The average molecular weight is 444 g/mol. The molecule has 0 aliphatic rings. The van der Waals surface area contributed by atoms with Gasteiger partial charge in [0.25, 0.3) is 5.56 Å². The van der Waals surface area contributed by atoms with Crippen LogP contribution in [0, 0.1) is 11.6 Å². The minimum atomic E-state index is -0.891. The normalized spacial score (nSPS) is 11.0. The third-order valence-electron chi connectivity index (χ3n) is 4.27. The van der Waals surface area contributed by atoms with Crippen molar-refractivity contribution in [2.45, 2.75) is 11.7 Å². The number of benzene rings is 2. The molecule has 0 saturated carbocycles. The smallest absolute Gasteiger partial charge is 0.266 e. The van der Waals surface area contributed by atoms with E-state index in [1.807, 2.05) is 17.5 Å². The number of para-hydroxylation sites is 1. The van der Waals surface area contributed by atoms with Crippen LogP contribution >= 0.6 is 23.1 Å². The molecule has 2 heterocycles. The highest BCUT2D eigenvalue weighted by atomic mass is 32.2. The van der Waals surface area contributed by atoms with E-state index in [1.54, 1.807) is 24.3 Å². The molecule has 0 aliphatic heterocycles. The first kappa shape index (κ1) is 20.2. The van der Waals surface area contributed by atoms with Crippen LogP contribution in [0.1, 0.15) is 4.88 Å². The summed E-state index contributed by atoms with van der Waals surface area (Å²) in [4.78, 5) is 30.8. The van der Waals surface area contributed by atoms with Crippen molar-refractivity contribution >= 4 is 39.9 Å². The maximum Gasteiger partial charge on any atom is 0.266 e. The number of hydrogen-bond donors (Lipinski definition) is 1. The van der Waals surface area contributed by atoms with Gasteiger partial charge in [-0.3, -0.25) is 14.2 Å². The summed E-state index contributed by atoms with van der Waals surface area (Å²) in [6, 6.07) is 13.5. The fourth-order valence-corrected chi connectivity index (χ4v) is 4.34. The Labute approximate surface area is 178 Å². The lowest BCUT2D eigenvalue weighted by Crippen LogP contribution is -2.26. The number of thioether (sulfide) groups is 1. The lowest BCUT2D eigenvalue weighted by molar-refractivity contribution is -0.118. The summed E-state index contributed by atoms with van der Waals surface area (Å²) >= 11 is 2.55. The molecule has 0 bridgehead atoms. The summed E-state index contributed by atoms with van der Waals surface area (Å²) in [7, 11) is 0. The Bertz CT molecular complexity index is 1270. The topological polar surface area (TPSA) is 64.0 Å². The Hall–Kier alpha value is -3.04.